The Morgan fingerprint density at radius 2 is 2.22 bits per heavy atom. The van der Waals surface area contributed by atoms with Gasteiger partial charge in [0.05, 0.1) is 12.2 Å². The molecule has 0 amide bonds. The number of esters is 1. The van der Waals surface area contributed by atoms with Gasteiger partial charge in [-0.3, -0.25) is 0 Å². The molecule has 0 aliphatic rings. The average Bonchev–Trinajstić information content (AvgIpc) is 2.31. The van der Waals surface area contributed by atoms with E-state index in [9.17, 15) is 14.7 Å². The molecule has 0 aliphatic carbocycles. The second-order valence-corrected chi connectivity index (χ2v) is 3.86. The molecule has 0 unspecified atom stereocenters. The highest BCUT2D eigenvalue weighted by atomic mass is 35.5. The number of aromatic hydroxyl groups is 1. The lowest BCUT2D eigenvalue weighted by Crippen LogP contribution is -2.12. The molecule has 0 fully saturated rings. The van der Waals surface area contributed by atoms with E-state index in [1.54, 1.807) is 6.92 Å². The van der Waals surface area contributed by atoms with Gasteiger partial charge in [0.1, 0.15) is 16.4 Å². The minimum atomic E-state index is -0.821. The number of rotatable bonds is 2. The monoisotopic (exact) mass is 268 g/mol. The van der Waals surface area contributed by atoms with Gasteiger partial charge < -0.3 is 14.3 Å². The van der Waals surface area contributed by atoms with Gasteiger partial charge in [-0.1, -0.05) is 11.6 Å². The van der Waals surface area contributed by atoms with Crippen LogP contribution >= 0.6 is 11.6 Å². The topological polar surface area (TPSA) is 76.7 Å². The zero-order chi connectivity index (χ0) is 13.3. The quantitative estimate of drug-likeness (QED) is 0.668. The zero-order valence-corrected chi connectivity index (χ0v) is 10.2. The van der Waals surface area contributed by atoms with E-state index in [0.717, 1.165) is 0 Å². The summed E-state index contributed by atoms with van der Waals surface area (Å²) in [5, 5.41) is 9.29. The summed E-state index contributed by atoms with van der Waals surface area (Å²) < 4.78 is 9.74. The lowest BCUT2D eigenvalue weighted by molar-refractivity contribution is 0.0528. The number of halogens is 1. The van der Waals surface area contributed by atoms with E-state index in [2.05, 4.69) is 0 Å². The van der Waals surface area contributed by atoms with Crippen molar-refractivity contribution in [2.45, 2.75) is 6.92 Å². The number of carbonyl (C=O) groups excluding carboxylic acids is 1. The van der Waals surface area contributed by atoms with Crippen molar-refractivity contribution in [1.82, 2.24) is 0 Å². The van der Waals surface area contributed by atoms with Crippen LogP contribution in [0.5, 0.6) is 5.75 Å². The molecule has 5 nitrogen and oxygen atoms in total. The van der Waals surface area contributed by atoms with Gasteiger partial charge in [0, 0.05) is 5.39 Å². The van der Waals surface area contributed by atoms with Crippen molar-refractivity contribution in [3.63, 3.8) is 0 Å². The zero-order valence-electron chi connectivity index (χ0n) is 9.40. The van der Waals surface area contributed by atoms with Crippen LogP contribution in [-0.2, 0) is 4.74 Å². The van der Waals surface area contributed by atoms with Gasteiger partial charge in [-0.25, -0.2) is 9.59 Å². The molecule has 1 heterocycles. The summed E-state index contributed by atoms with van der Waals surface area (Å²) in [7, 11) is 0. The number of benzene rings is 1. The average molecular weight is 269 g/mol. The Bertz CT molecular complexity index is 674. The van der Waals surface area contributed by atoms with Crippen molar-refractivity contribution >= 4 is 28.5 Å². The lowest BCUT2D eigenvalue weighted by Gasteiger charge is -2.07. The third-order valence-corrected chi connectivity index (χ3v) is 2.66. The Labute approximate surface area is 107 Å². The Kier molecular flexibility index (Phi) is 3.25. The molecule has 0 aliphatic heterocycles. The first-order valence-corrected chi connectivity index (χ1v) is 5.54. The van der Waals surface area contributed by atoms with E-state index >= 15 is 0 Å². The van der Waals surface area contributed by atoms with Crippen molar-refractivity contribution in [2.75, 3.05) is 6.61 Å². The van der Waals surface area contributed by atoms with Crippen LogP contribution in [-0.4, -0.2) is 17.7 Å². The molecule has 0 atom stereocenters. The van der Waals surface area contributed by atoms with Gasteiger partial charge >= 0.3 is 11.6 Å². The number of phenolic OH excluding ortho intramolecular Hbond substituents is 1. The van der Waals surface area contributed by atoms with E-state index < -0.39 is 11.6 Å². The van der Waals surface area contributed by atoms with Crippen LogP contribution in [0.3, 0.4) is 0 Å². The molecule has 2 aromatic rings. The summed E-state index contributed by atoms with van der Waals surface area (Å²) in [6.07, 6.45) is 0. The maximum Gasteiger partial charge on any atom is 0.356 e. The molecule has 1 N–H and O–H groups in total. The minimum absolute atomic E-state index is 0.0713. The number of fused-ring (bicyclic) bond motifs is 1. The fourth-order valence-electron chi connectivity index (χ4n) is 1.57. The first-order valence-electron chi connectivity index (χ1n) is 5.17. The first-order chi connectivity index (χ1) is 8.54. The highest BCUT2D eigenvalue weighted by Gasteiger charge is 2.20. The van der Waals surface area contributed by atoms with Gasteiger partial charge in [0.2, 0.25) is 0 Å². The van der Waals surface area contributed by atoms with Crippen molar-refractivity contribution < 1.29 is 19.1 Å². The minimum Gasteiger partial charge on any atom is -0.508 e. The van der Waals surface area contributed by atoms with E-state index in [1.807, 2.05) is 0 Å². The SMILES string of the molecule is CCOC(=O)c1c(Cl)c(=O)oc2ccc(O)cc12. The summed E-state index contributed by atoms with van der Waals surface area (Å²) in [5.41, 5.74) is -0.760. The molecule has 1 aromatic carbocycles. The van der Waals surface area contributed by atoms with Gasteiger partial charge in [-0.05, 0) is 25.1 Å². The number of hydrogen-bond acceptors (Lipinski definition) is 5. The molecule has 0 radical (unpaired) electrons. The van der Waals surface area contributed by atoms with E-state index in [1.165, 1.54) is 18.2 Å². The van der Waals surface area contributed by atoms with E-state index in [0.29, 0.717) is 0 Å². The standard InChI is InChI=1S/C12H9ClO5/c1-2-17-11(15)9-7-5-6(14)3-4-8(7)18-12(16)10(9)13/h3-5,14H,2H2,1H3. The molecule has 6 heteroatoms. The van der Waals surface area contributed by atoms with Crippen LogP contribution in [0.15, 0.2) is 27.4 Å². The summed E-state index contributed by atoms with van der Waals surface area (Å²) in [5.74, 6) is -0.802. The van der Waals surface area contributed by atoms with E-state index in [-0.39, 0.29) is 33.9 Å². The van der Waals surface area contributed by atoms with Crippen LogP contribution < -0.4 is 5.63 Å². The second-order valence-electron chi connectivity index (χ2n) is 3.48. The molecule has 1 aromatic heterocycles. The number of carbonyl (C=O) groups is 1. The van der Waals surface area contributed by atoms with Crippen LogP contribution in [0.4, 0.5) is 0 Å². The smallest absolute Gasteiger partial charge is 0.356 e. The molecule has 0 spiro atoms. The maximum absolute atomic E-state index is 11.8. The number of ether oxygens (including phenoxy) is 1. The Morgan fingerprint density at radius 3 is 2.89 bits per heavy atom. The fraction of sp³-hybridized carbons (Fsp3) is 0.167. The molecule has 0 saturated carbocycles. The number of hydrogen-bond donors (Lipinski definition) is 1. The maximum atomic E-state index is 11.8. The van der Waals surface area contributed by atoms with Crippen LogP contribution in [0, 0.1) is 0 Å². The third-order valence-electron chi connectivity index (χ3n) is 2.31. The number of phenols is 1. The Hall–Kier alpha value is -2.01. The summed E-state index contributed by atoms with van der Waals surface area (Å²) in [6.45, 7) is 1.78. The van der Waals surface area contributed by atoms with Gasteiger partial charge in [0.25, 0.3) is 0 Å². The molecule has 18 heavy (non-hydrogen) atoms. The van der Waals surface area contributed by atoms with E-state index in [4.69, 9.17) is 20.8 Å². The highest BCUT2D eigenvalue weighted by molar-refractivity contribution is 6.34. The third kappa shape index (κ3) is 2.04. The van der Waals surface area contributed by atoms with Crippen molar-refractivity contribution in [3.8, 4) is 5.75 Å². The van der Waals surface area contributed by atoms with Gasteiger partial charge in [-0.15, -0.1) is 0 Å². The van der Waals surface area contributed by atoms with Gasteiger partial charge in [-0.2, -0.15) is 0 Å². The summed E-state index contributed by atoms with van der Waals surface area (Å²) in [6, 6.07) is 4.01. The Balaban J connectivity index is 2.82. The van der Waals surface area contributed by atoms with Gasteiger partial charge in [0.15, 0.2) is 0 Å². The van der Waals surface area contributed by atoms with Crippen molar-refractivity contribution in [1.29, 1.82) is 0 Å². The van der Waals surface area contributed by atoms with Crippen LogP contribution in [0.1, 0.15) is 17.3 Å². The molecular formula is C12H9ClO5. The first kappa shape index (κ1) is 12.4. The molecular weight excluding hydrogens is 260 g/mol. The summed E-state index contributed by atoms with van der Waals surface area (Å²) >= 11 is 5.77. The van der Waals surface area contributed by atoms with Crippen LogP contribution in [0.25, 0.3) is 11.0 Å². The Morgan fingerprint density at radius 1 is 1.50 bits per heavy atom. The molecule has 94 valence electrons. The van der Waals surface area contributed by atoms with Crippen molar-refractivity contribution in [2.24, 2.45) is 0 Å². The molecule has 0 bridgehead atoms. The van der Waals surface area contributed by atoms with Crippen LogP contribution in [0.2, 0.25) is 5.02 Å². The fourth-order valence-corrected chi connectivity index (χ4v) is 1.79. The predicted molar refractivity (Wildman–Crippen MR) is 65.1 cm³/mol. The lowest BCUT2D eigenvalue weighted by atomic mass is 10.1. The molecule has 2 rings (SSSR count). The largest absolute Gasteiger partial charge is 0.508 e. The normalized spacial score (nSPS) is 10.6. The van der Waals surface area contributed by atoms with Crippen molar-refractivity contribution in [3.05, 3.63) is 39.2 Å². The second kappa shape index (κ2) is 4.70. The molecule has 0 saturated heterocycles. The predicted octanol–water partition coefficient (Wildman–Crippen LogP) is 2.33. The highest BCUT2D eigenvalue weighted by Crippen LogP contribution is 2.27. The summed E-state index contributed by atoms with van der Waals surface area (Å²) in [4.78, 5) is 23.3.